The summed E-state index contributed by atoms with van der Waals surface area (Å²) in [5.41, 5.74) is -1.57. The molecule has 1 saturated carbocycles. The zero-order chi connectivity index (χ0) is 19.4. The molecule has 0 radical (unpaired) electrons. The first-order valence-corrected chi connectivity index (χ1v) is 9.85. The lowest BCUT2D eigenvalue weighted by Gasteiger charge is -2.38. The number of hydrogen-bond donors (Lipinski definition) is 4. The molecule has 0 unspecified atom stereocenters. The van der Waals surface area contributed by atoms with Crippen molar-refractivity contribution >= 4 is 12.0 Å². The van der Waals surface area contributed by atoms with Crippen LogP contribution in [0, 0.1) is 0 Å². The number of β-amino-alcohol motifs (C(OH)–C–C–N with tert-alkyl or cyclic N) is 1. The van der Waals surface area contributed by atoms with E-state index in [2.05, 4.69) is 22.9 Å². The molecule has 1 aliphatic heterocycles. The second kappa shape index (κ2) is 8.57. The third-order valence-corrected chi connectivity index (χ3v) is 5.25. The van der Waals surface area contributed by atoms with E-state index in [1.807, 2.05) is 0 Å². The summed E-state index contributed by atoms with van der Waals surface area (Å²) in [6.45, 7) is 7.94. The lowest BCUT2D eigenvalue weighted by molar-refractivity contribution is -0.130. The monoisotopic (exact) mass is 369 g/mol. The van der Waals surface area contributed by atoms with Gasteiger partial charge in [0.25, 0.3) is 0 Å². The Bertz CT molecular complexity index is 498. The third kappa shape index (κ3) is 5.84. The van der Waals surface area contributed by atoms with Crippen LogP contribution in [-0.2, 0) is 9.53 Å². The summed E-state index contributed by atoms with van der Waals surface area (Å²) in [5.74, 6) is -0.207. The minimum absolute atomic E-state index is 0.207. The molecule has 0 bridgehead atoms. The molecule has 7 nitrogen and oxygen atoms in total. The number of aliphatic hydroxyl groups is 1. The Labute approximate surface area is 156 Å². The van der Waals surface area contributed by atoms with Crippen molar-refractivity contribution in [3.05, 3.63) is 0 Å². The fourth-order valence-corrected chi connectivity index (χ4v) is 3.73. The summed E-state index contributed by atoms with van der Waals surface area (Å²) in [6, 6.07) is 0.00858. The van der Waals surface area contributed by atoms with Gasteiger partial charge in [0, 0.05) is 12.6 Å². The van der Waals surface area contributed by atoms with Crippen LogP contribution in [0.1, 0.15) is 72.6 Å². The Kier molecular flexibility index (Phi) is 6.91. The topological polar surface area (TPSA) is 99.7 Å². The minimum Gasteiger partial charge on any atom is -0.444 e. The summed E-state index contributed by atoms with van der Waals surface area (Å²) in [7, 11) is 0. The van der Waals surface area contributed by atoms with Crippen molar-refractivity contribution in [3.8, 4) is 0 Å². The summed E-state index contributed by atoms with van der Waals surface area (Å²) in [4.78, 5) is 25.4. The molecular weight excluding hydrogens is 334 g/mol. The van der Waals surface area contributed by atoms with Crippen molar-refractivity contribution < 1.29 is 19.4 Å². The predicted octanol–water partition coefficient (Wildman–Crippen LogP) is 1.83. The predicted molar refractivity (Wildman–Crippen MR) is 99.8 cm³/mol. The van der Waals surface area contributed by atoms with Crippen LogP contribution < -0.4 is 16.0 Å². The largest absolute Gasteiger partial charge is 0.444 e. The van der Waals surface area contributed by atoms with E-state index >= 15 is 0 Å². The van der Waals surface area contributed by atoms with Crippen LogP contribution in [0.25, 0.3) is 0 Å². The van der Waals surface area contributed by atoms with Gasteiger partial charge in [0.1, 0.15) is 11.1 Å². The molecule has 2 rings (SSSR count). The molecule has 2 amide bonds. The molecule has 1 aliphatic carbocycles. The van der Waals surface area contributed by atoms with E-state index in [-0.39, 0.29) is 11.9 Å². The smallest absolute Gasteiger partial charge is 0.408 e. The van der Waals surface area contributed by atoms with Gasteiger partial charge in [-0.1, -0.05) is 19.3 Å². The lowest BCUT2D eigenvalue weighted by atomic mass is 9.80. The fraction of sp³-hybridized carbons (Fsp3) is 0.895. The van der Waals surface area contributed by atoms with Crippen molar-refractivity contribution in [2.24, 2.45) is 0 Å². The lowest BCUT2D eigenvalue weighted by Crippen LogP contribution is -2.62. The second-order valence-electron chi connectivity index (χ2n) is 8.80. The molecule has 150 valence electrons. The number of rotatable bonds is 3. The van der Waals surface area contributed by atoms with E-state index in [1.165, 1.54) is 0 Å². The van der Waals surface area contributed by atoms with Gasteiger partial charge >= 0.3 is 6.09 Å². The number of nitrogens with one attached hydrogen (secondary N) is 3. The first kappa shape index (κ1) is 21.0. The molecular formula is C19H35N3O4. The number of amides is 2. The molecule has 26 heavy (non-hydrogen) atoms. The van der Waals surface area contributed by atoms with Gasteiger partial charge < -0.3 is 25.8 Å². The third-order valence-electron chi connectivity index (χ3n) is 5.25. The maximum atomic E-state index is 13.1. The molecule has 0 aromatic carbocycles. The molecule has 4 N–H and O–H groups in total. The zero-order valence-corrected chi connectivity index (χ0v) is 16.6. The summed E-state index contributed by atoms with van der Waals surface area (Å²) in [6.07, 6.45) is 4.41. The molecule has 2 aliphatic rings. The highest BCUT2D eigenvalue weighted by molar-refractivity contribution is 5.90. The van der Waals surface area contributed by atoms with E-state index in [9.17, 15) is 14.7 Å². The van der Waals surface area contributed by atoms with Crippen molar-refractivity contribution in [1.82, 2.24) is 16.0 Å². The molecule has 0 aromatic heterocycles. The Morgan fingerprint density at radius 1 is 1.15 bits per heavy atom. The number of alkyl carbamates (subject to hydrolysis) is 1. The van der Waals surface area contributed by atoms with Gasteiger partial charge in [-0.25, -0.2) is 4.79 Å². The fourth-order valence-electron chi connectivity index (χ4n) is 3.73. The molecule has 0 spiro atoms. The molecule has 3 atom stereocenters. The molecule has 1 heterocycles. The minimum atomic E-state index is -0.953. The van der Waals surface area contributed by atoms with E-state index in [0.29, 0.717) is 31.8 Å². The molecule has 2 fully saturated rings. The number of hydrogen-bond acceptors (Lipinski definition) is 5. The Morgan fingerprint density at radius 2 is 1.81 bits per heavy atom. The Balaban J connectivity index is 2.07. The highest BCUT2D eigenvalue weighted by atomic mass is 16.6. The van der Waals surface area contributed by atoms with Gasteiger partial charge in [0.2, 0.25) is 5.91 Å². The SMILES string of the molecule is C[C@@H]1CC[C@H](NC(=O)C2(NC(=O)OC(C)(C)C)CCCCC2)[C@@H](O)CN1. The van der Waals surface area contributed by atoms with Gasteiger partial charge in [-0.2, -0.15) is 0 Å². The van der Waals surface area contributed by atoms with Crippen LogP contribution in [-0.4, -0.2) is 53.0 Å². The average Bonchev–Trinajstić information content (AvgIpc) is 2.69. The van der Waals surface area contributed by atoms with E-state index < -0.39 is 23.3 Å². The molecule has 7 heteroatoms. The Morgan fingerprint density at radius 3 is 2.42 bits per heavy atom. The second-order valence-corrected chi connectivity index (χ2v) is 8.80. The quantitative estimate of drug-likeness (QED) is 0.608. The van der Waals surface area contributed by atoms with E-state index in [4.69, 9.17) is 4.74 Å². The van der Waals surface area contributed by atoms with Gasteiger partial charge in [0.05, 0.1) is 12.1 Å². The van der Waals surface area contributed by atoms with Crippen molar-refractivity contribution in [3.63, 3.8) is 0 Å². The number of carbonyl (C=O) groups is 2. The number of carbonyl (C=O) groups excluding carboxylic acids is 2. The Hall–Kier alpha value is -1.34. The van der Waals surface area contributed by atoms with Crippen LogP contribution in [0.3, 0.4) is 0 Å². The zero-order valence-electron chi connectivity index (χ0n) is 16.6. The first-order chi connectivity index (χ1) is 12.1. The standard InChI is InChI=1S/C19H35N3O4/c1-13-8-9-14(15(23)12-20-13)21-16(24)19(10-6-5-7-11-19)22-17(25)26-18(2,3)4/h13-15,20,23H,5-12H2,1-4H3,(H,21,24)(H,22,25)/t13-,14+,15+/m1/s1. The molecule has 0 aromatic rings. The number of aliphatic hydroxyl groups excluding tert-OH is 1. The number of ether oxygens (including phenoxy) is 1. The van der Waals surface area contributed by atoms with Crippen LogP contribution in [0.15, 0.2) is 0 Å². The summed E-state index contributed by atoms with van der Waals surface area (Å²) >= 11 is 0. The highest BCUT2D eigenvalue weighted by Crippen LogP contribution is 2.29. The maximum absolute atomic E-state index is 13.1. The van der Waals surface area contributed by atoms with Crippen LogP contribution in [0.2, 0.25) is 0 Å². The van der Waals surface area contributed by atoms with Crippen LogP contribution in [0.5, 0.6) is 0 Å². The average molecular weight is 370 g/mol. The maximum Gasteiger partial charge on any atom is 0.408 e. The highest BCUT2D eigenvalue weighted by Gasteiger charge is 2.43. The van der Waals surface area contributed by atoms with Gasteiger partial charge in [-0.3, -0.25) is 4.79 Å². The normalized spacial score (nSPS) is 29.3. The van der Waals surface area contributed by atoms with Crippen molar-refractivity contribution in [2.75, 3.05) is 6.54 Å². The van der Waals surface area contributed by atoms with Crippen LogP contribution >= 0.6 is 0 Å². The van der Waals surface area contributed by atoms with E-state index in [1.54, 1.807) is 20.8 Å². The first-order valence-electron chi connectivity index (χ1n) is 9.85. The van der Waals surface area contributed by atoms with E-state index in [0.717, 1.165) is 25.7 Å². The van der Waals surface area contributed by atoms with Gasteiger partial charge in [-0.15, -0.1) is 0 Å². The van der Waals surface area contributed by atoms with Gasteiger partial charge in [0.15, 0.2) is 0 Å². The summed E-state index contributed by atoms with van der Waals surface area (Å²) in [5, 5.41) is 19.5. The van der Waals surface area contributed by atoms with Crippen molar-refractivity contribution in [1.29, 1.82) is 0 Å². The van der Waals surface area contributed by atoms with Gasteiger partial charge in [-0.05, 0) is 53.4 Å². The van der Waals surface area contributed by atoms with Crippen molar-refractivity contribution in [2.45, 2.75) is 102 Å². The molecule has 1 saturated heterocycles. The van der Waals surface area contributed by atoms with Crippen LogP contribution in [0.4, 0.5) is 4.79 Å². The summed E-state index contributed by atoms with van der Waals surface area (Å²) < 4.78 is 5.37.